The zero-order valence-electron chi connectivity index (χ0n) is 7.58. The molecule has 0 aromatic rings. The van der Waals surface area contributed by atoms with Gasteiger partial charge in [-0.15, -0.1) is 0 Å². The molecule has 2 saturated carbocycles. The van der Waals surface area contributed by atoms with Crippen LogP contribution in [0.25, 0.3) is 0 Å². The van der Waals surface area contributed by atoms with Crippen molar-refractivity contribution in [2.75, 3.05) is 0 Å². The van der Waals surface area contributed by atoms with Crippen molar-refractivity contribution < 1.29 is 14.7 Å². The Hall–Kier alpha value is -0.860. The molecule has 0 saturated heterocycles. The minimum atomic E-state index is -0.918. The number of aliphatic carboxylic acids is 1. The Kier molecular flexibility index (Phi) is 1.90. The van der Waals surface area contributed by atoms with Gasteiger partial charge in [-0.25, -0.2) is 0 Å². The first-order valence-corrected chi connectivity index (χ1v) is 4.89. The van der Waals surface area contributed by atoms with Crippen LogP contribution in [0.1, 0.15) is 38.5 Å². The van der Waals surface area contributed by atoms with Crippen molar-refractivity contribution in [3.63, 3.8) is 0 Å². The van der Waals surface area contributed by atoms with Crippen molar-refractivity contribution in [3.8, 4) is 0 Å². The third kappa shape index (κ3) is 1.60. The van der Waals surface area contributed by atoms with Crippen LogP contribution in [0.5, 0.6) is 0 Å². The molecule has 0 amide bonds. The molecule has 0 heterocycles. The third-order valence-electron chi connectivity index (χ3n) is 3.41. The second kappa shape index (κ2) is 2.82. The Morgan fingerprint density at radius 1 is 1.38 bits per heavy atom. The largest absolute Gasteiger partial charge is 0.481 e. The summed E-state index contributed by atoms with van der Waals surface area (Å²) < 4.78 is 0. The van der Waals surface area contributed by atoms with Gasteiger partial charge in [0.1, 0.15) is 11.7 Å². The van der Waals surface area contributed by atoms with E-state index in [0.717, 1.165) is 25.7 Å². The average molecular weight is 182 g/mol. The molecule has 3 nitrogen and oxygen atoms in total. The van der Waals surface area contributed by atoms with E-state index in [1.807, 2.05) is 0 Å². The Balaban J connectivity index is 2.13. The number of hydrogen-bond acceptors (Lipinski definition) is 2. The number of carbonyl (C=O) groups excluding carboxylic acids is 1. The van der Waals surface area contributed by atoms with E-state index in [0.29, 0.717) is 12.8 Å². The molecule has 0 aromatic carbocycles. The maximum absolute atomic E-state index is 11.4. The van der Waals surface area contributed by atoms with E-state index in [1.165, 1.54) is 0 Å². The molecule has 1 N–H and O–H groups in total. The number of carboxylic acid groups (broad SMARTS) is 1. The van der Waals surface area contributed by atoms with Crippen LogP contribution >= 0.6 is 0 Å². The third-order valence-corrected chi connectivity index (χ3v) is 3.41. The Bertz CT molecular complexity index is 253. The molecule has 2 rings (SSSR count). The summed E-state index contributed by atoms with van der Waals surface area (Å²) in [5.41, 5.74) is 0.245. The van der Waals surface area contributed by atoms with Gasteiger partial charge in [-0.1, -0.05) is 0 Å². The van der Waals surface area contributed by atoms with Gasteiger partial charge in [-0.3, -0.25) is 9.59 Å². The molecule has 1 atom stereocenters. The summed E-state index contributed by atoms with van der Waals surface area (Å²) in [4.78, 5) is 22.2. The van der Waals surface area contributed by atoms with E-state index in [1.54, 1.807) is 0 Å². The van der Waals surface area contributed by atoms with Crippen LogP contribution < -0.4 is 0 Å². The van der Waals surface area contributed by atoms with E-state index in [2.05, 4.69) is 0 Å². The lowest BCUT2D eigenvalue weighted by molar-refractivity contribution is -0.146. The monoisotopic (exact) mass is 182 g/mol. The fourth-order valence-corrected chi connectivity index (χ4v) is 2.32. The van der Waals surface area contributed by atoms with Crippen LogP contribution in [0.15, 0.2) is 0 Å². The zero-order valence-corrected chi connectivity index (χ0v) is 7.58. The summed E-state index contributed by atoms with van der Waals surface area (Å²) in [7, 11) is 0. The first-order valence-electron chi connectivity index (χ1n) is 4.89. The standard InChI is InChI=1S/C10H14O3/c11-8-2-1-3-10(4-5-10)6-7(8)9(12)13/h7H,1-6H2,(H,12,13). The van der Waals surface area contributed by atoms with Gasteiger partial charge < -0.3 is 5.11 Å². The summed E-state index contributed by atoms with van der Waals surface area (Å²) in [5.74, 6) is -1.68. The fourth-order valence-electron chi connectivity index (χ4n) is 2.32. The molecule has 3 heteroatoms. The van der Waals surface area contributed by atoms with E-state index in [9.17, 15) is 9.59 Å². The topological polar surface area (TPSA) is 54.4 Å². The SMILES string of the molecule is O=C(O)C1CC2(CCCC1=O)CC2. The molecule has 1 unspecified atom stereocenters. The van der Waals surface area contributed by atoms with Crippen LogP contribution in [0.2, 0.25) is 0 Å². The molecule has 0 aliphatic heterocycles. The average Bonchev–Trinajstić information content (AvgIpc) is 2.82. The number of hydrogen-bond donors (Lipinski definition) is 1. The van der Waals surface area contributed by atoms with Gasteiger partial charge in [-0.2, -0.15) is 0 Å². The molecular weight excluding hydrogens is 168 g/mol. The lowest BCUT2D eigenvalue weighted by Gasteiger charge is -2.13. The van der Waals surface area contributed by atoms with Crippen LogP contribution in [0.3, 0.4) is 0 Å². The highest BCUT2D eigenvalue weighted by atomic mass is 16.4. The van der Waals surface area contributed by atoms with Crippen LogP contribution in [-0.2, 0) is 9.59 Å². The maximum atomic E-state index is 11.4. The molecule has 2 aliphatic carbocycles. The predicted octanol–water partition coefficient (Wildman–Crippen LogP) is 1.61. The van der Waals surface area contributed by atoms with E-state index in [-0.39, 0.29) is 11.2 Å². The molecule has 0 aromatic heterocycles. The van der Waals surface area contributed by atoms with Gasteiger partial charge in [-0.05, 0) is 37.5 Å². The Morgan fingerprint density at radius 3 is 2.62 bits per heavy atom. The van der Waals surface area contributed by atoms with Crippen molar-refractivity contribution in [1.82, 2.24) is 0 Å². The number of carboxylic acids is 1. The summed E-state index contributed by atoms with van der Waals surface area (Å²) in [6, 6.07) is 0. The molecule has 1 spiro atoms. The first kappa shape index (κ1) is 8.73. The number of carbonyl (C=O) groups is 2. The second-order valence-corrected chi connectivity index (χ2v) is 4.41. The van der Waals surface area contributed by atoms with Crippen molar-refractivity contribution in [1.29, 1.82) is 0 Å². The fraction of sp³-hybridized carbons (Fsp3) is 0.800. The lowest BCUT2D eigenvalue weighted by atomic mass is 9.90. The Labute approximate surface area is 77.1 Å². The first-order chi connectivity index (χ1) is 6.13. The normalized spacial score (nSPS) is 31.4. The van der Waals surface area contributed by atoms with Crippen LogP contribution in [0, 0.1) is 11.3 Å². The lowest BCUT2D eigenvalue weighted by Crippen LogP contribution is -2.24. The Morgan fingerprint density at radius 2 is 2.08 bits per heavy atom. The second-order valence-electron chi connectivity index (χ2n) is 4.41. The smallest absolute Gasteiger partial charge is 0.314 e. The maximum Gasteiger partial charge on any atom is 0.314 e. The highest BCUT2D eigenvalue weighted by Gasteiger charge is 2.48. The van der Waals surface area contributed by atoms with Crippen LogP contribution in [0.4, 0.5) is 0 Å². The van der Waals surface area contributed by atoms with Crippen molar-refractivity contribution >= 4 is 11.8 Å². The van der Waals surface area contributed by atoms with Gasteiger partial charge in [0.05, 0.1) is 0 Å². The van der Waals surface area contributed by atoms with Gasteiger partial charge in [0.15, 0.2) is 0 Å². The molecule has 72 valence electrons. The van der Waals surface area contributed by atoms with Gasteiger partial charge in [0.2, 0.25) is 0 Å². The van der Waals surface area contributed by atoms with Gasteiger partial charge in [0.25, 0.3) is 0 Å². The zero-order chi connectivity index (χ0) is 9.47. The number of rotatable bonds is 1. The molecular formula is C10H14O3. The minimum Gasteiger partial charge on any atom is -0.481 e. The number of ketones is 1. The quantitative estimate of drug-likeness (QED) is 0.627. The van der Waals surface area contributed by atoms with Crippen molar-refractivity contribution in [2.24, 2.45) is 11.3 Å². The van der Waals surface area contributed by atoms with Gasteiger partial charge in [0, 0.05) is 6.42 Å². The molecule has 2 aliphatic rings. The van der Waals surface area contributed by atoms with Gasteiger partial charge >= 0.3 is 5.97 Å². The molecule has 0 bridgehead atoms. The summed E-state index contributed by atoms with van der Waals surface area (Å²) in [5, 5.41) is 8.87. The molecule has 2 fully saturated rings. The highest BCUT2D eigenvalue weighted by molar-refractivity contribution is 5.98. The molecule has 0 radical (unpaired) electrons. The summed E-state index contributed by atoms with van der Waals surface area (Å²) >= 11 is 0. The van der Waals surface area contributed by atoms with E-state index >= 15 is 0 Å². The van der Waals surface area contributed by atoms with Crippen molar-refractivity contribution in [2.45, 2.75) is 38.5 Å². The van der Waals surface area contributed by atoms with E-state index < -0.39 is 11.9 Å². The van der Waals surface area contributed by atoms with Crippen molar-refractivity contribution in [3.05, 3.63) is 0 Å². The summed E-state index contributed by atoms with van der Waals surface area (Å²) in [6.45, 7) is 0. The number of Topliss-reactive ketones (excluding diaryl/α,β-unsaturated/α-hetero) is 1. The minimum absolute atomic E-state index is 0.0590. The van der Waals surface area contributed by atoms with Crippen LogP contribution in [-0.4, -0.2) is 16.9 Å². The molecule has 13 heavy (non-hydrogen) atoms. The van der Waals surface area contributed by atoms with E-state index in [4.69, 9.17) is 5.11 Å². The summed E-state index contributed by atoms with van der Waals surface area (Å²) in [6.07, 6.45) is 5.28. The highest BCUT2D eigenvalue weighted by Crippen LogP contribution is 2.55. The predicted molar refractivity (Wildman–Crippen MR) is 46.3 cm³/mol.